The number of aryl methyl sites for hydroxylation is 1. The summed E-state index contributed by atoms with van der Waals surface area (Å²) in [6, 6.07) is 3.58. The minimum Gasteiger partial charge on any atom is -0.408 e. The fraction of sp³-hybridized carbons (Fsp3) is 0.438. The van der Waals surface area contributed by atoms with E-state index in [0.717, 1.165) is 22.5 Å². The molecule has 12 heteroatoms. The van der Waals surface area contributed by atoms with Crippen molar-refractivity contribution >= 4 is 21.9 Å². The predicted octanol–water partition coefficient (Wildman–Crippen LogP) is 2.44. The molecule has 0 saturated carbocycles. The summed E-state index contributed by atoms with van der Waals surface area (Å²) in [6.45, 7) is 1.60. The van der Waals surface area contributed by atoms with Gasteiger partial charge in [0.05, 0.1) is 10.5 Å². The Morgan fingerprint density at radius 3 is 2.50 bits per heavy atom. The maximum Gasteiger partial charge on any atom is 0.416 e. The monoisotopic (exact) mass is 418 g/mol. The van der Waals surface area contributed by atoms with Gasteiger partial charge in [0.25, 0.3) is 0 Å². The number of piperidine rings is 1. The van der Waals surface area contributed by atoms with Crippen LogP contribution in [-0.2, 0) is 21.0 Å². The number of sulfonamides is 1. The Morgan fingerprint density at radius 2 is 1.93 bits per heavy atom. The van der Waals surface area contributed by atoms with Gasteiger partial charge in [0.15, 0.2) is 0 Å². The Bertz CT molecular complexity index is 966. The van der Waals surface area contributed by atoms with Crippen LogP contribution in [0.4, 0.5) is 19.2 Å². The fourth-order valence-electron chi connectivity index (χ4n) is 2.89. The van der Waals surface area contributed by atoms with Gasteiger partial charge in [0.2, 0.25) is 21.8 Å². The molecule has 1 aliphatic heterocycles. The zero-order valence-corrected chi connectivity index (χ0v) is 15.5. The Balaban J connectivity index is 1.66. The molecule has 8 nitrogen and oxygen atoms in total. The molecule has 3 rings (SSSR count). The summed E-state index contributed by atoms with van der Waals surface area (Å²) in [7, 11) is -4.09. The lowest BCUT2D eigenvalue weighted by Gasteiger charge is -2.30. The number of hydrogen-bond acceptors (Lipinski definition) is 6. The average Bonchev–Trinajstić information content (AvgIpc) is 3.06. The second-order valence-electron chi connectivity index (χ2n) is 6.32. The van der Waals surface area contributed by atoms with E-state index < -0.39 is 32.6 Å². The van der Waals surface area contributed by atoms with Crippen molar-refractivity contribution in [2.45, 2.75) is 30.8 Å². The number of alkyl halides is 3. The number of nitrogens with one attached hydrogen (secondary N) is 1. The summed E-state index contributed by atoms with van der Waals surface area (Å²) in [6.07, 6.45) is -4.20. The van der Waals surface area contributed by atoms with Gasteiger partial charge in [-0.15, -0.1) is 5.10 Å². The molecule has 0 bridgehead atoms. The molecule has 152 valence electrons. The topological polar surface area (TPSA) is 105 Å². The molecule has 1 N–H and O–H groups in total. The van der Waals surface area contributed by atoms with Crippen LogP contribution in [0.25, 0.3) is 0 Å². The smallest absolute Gasteiger partial charge is 0.408 e. The third kappa shape index (κ3) is 4.33. The highest BCUT2D eigenvalue weighted by molar-refractivity contribution is 7.89. The number of halogens is 3. The molecule has 0 spiro atoms. The maximum absolute atomic E-state index is 12.8. The van der Waals surface area contributed by atoms with Gasteiger partial charge in [-0.1, -0.05) is 11.2 Å². The van der Waals surface area contributed by atoms with Crippen LogP contribution in [0.5, 0.6) is 0 Å². The lowest BCUT2D eigenvalue weighted by Crippen LogP contribution is -2.41. The zero-order valence-electron chi connectivity index (χ0n) is 14.7. The van der Waals surface area contributed by atoms with Gasteiger partial charge in [-0.05, 0) is 31.0 Å². The third-order valence-corrected chi connectivity index (χ3v) is 6.27. The van der Waals surface area contributed by atoms with E-state index in [1.54, 1.807) is 6.92 Å². The Kier molecular flexibility index (Phi) is 5.44. The summed E-state index contributed by atoms with van der Waals surface area (Å²) in [5.41, 5.74) is -1.03. The second-order valence-corrected chi connectivity index (χ2v) is 8.26. The van der Waals surface area contributed by atoms with Gasteiger partial charge in [0, 0.05) is 25.9 Å². The summed E-state index contributed by atoms with van der Waals surface area (Å²) >= 11 is 0. The van der Waals surface area contributed by atoms with Crippen LogP contribution in [0.3, 0.4) is 0 Å². The number of amides is 1. The molecule has 0 unspecified atom stereocenters. The zero-order chi connectivity index (χ0) is 20.5. The first kappa shape index (κ1) is 20.3. The molecule has 1 fully saturated rings. The molecule has 1 amide bonds. The summed E-state index contributed by atoms with van der Waals surface area (Å²) in [5.74, 6) is -0.558. The lowest BCUT2D eigenvalue weighted by atomic mass is 9.97. The molecule has 0 aliphatic carbocycles. The minimum atomic E-state index is -4.64. The van der Waals surface area contributed by atoms with Crippen LogP contribution in [0, 0.1) is 12.8 Å². The Morgan fingerprint density at radius 1 is 1.25 bits per heavy atom. The average molecular weight is 418 g/mol. The molecule has 1 aromatic heterocycles. The van der Waals surface area contributed by atoms with Crippen LogP contribution in [0.2, 0.25) is 0 Å². The predicted molar refractivity (Wildman–Crippen MR) is 90.6 cm³/mol. The number of carbonyl (C=O) groups excluding carboxylic acids is 1. The molecular formula is C16H17F3N4O4S. The number of benzene rings is 1. The van der Waals surface area contributed by atoms with Crippen LogP contribution < -0.4 is 5.32 Å². The van der Waals surface area contributed by atoms with E-state index in [4.69, 9.17) is 4.42 Å². The van der Waals surface area contributed by atoms with Crippen molar-refractivity contribution in [3.63, 3.8) is 0 Å². The van der Waals surface area contributed by atoms with E-state index >= 15 is 0 Å². The minimum absolute atomic E-state index is 0.0134. The third-order valence-electron chi connectivity index (χ3n) is 4.38. The maximum atomic E-state index is 12.8. The van der Waals surface area contributed by atoms with Crippen molar-refractivity contribution in [2.75, 3.05) is 18.4 Å². The lowest BCUT2D eigenvalue weighted by molar-refractivity contribution is -0.137. The molecule has 0 atom stereocenters. The highest BCUT2D eigenvalue weighted by Crippen LogP contribution is 2.32. The van der Waals surface area contributed by atoms with Crippen molar-refractivity contribution in [3.05, 3.63) is 35.7 Å². The summed E-state index contributed by atoms with van der Waals surface area (Å²) < 4.78 is 70.0. The molecule has 2 heterocycles. The highest BCUT2D eigenvalue weighted by atomic mass is 32.2. The van der Waals surface area contributed by atoms with Gasteiger partial charge >= 0.3 is 12.2 Å². The van der Waals surface area contributed by atoms with Gasteiger partial charge < -0.3 is 4.42 Å². The van der Waals surface area contributed by atoms with Crippen LogP contribution in [-0.4, -0.2) is 41.9 Å². The van der Waals surface area contributed by atoms with Crippen LogP contribution in [0.1, 0.15) is 24.3 Å². The van der Waals surface area contributed by atoms with Gasteiger partial charge in [0.1, 0.15) is 0 Å². The van der Waals surface area contributed by atoms with Gasteiger partial charge in [-0.2, -0.15) is 17.5 Å². The summed E-state index contributed by atoms with van der Waals surface area (Å²) in [5, 5.41) is 9.71. The normalized spacial score (nSPS) is 16.9. The highest BCUT2D eigenvalue weighted by Gasteiger charge is 2.35. The number of carbonyl (C=O) groups is 1. The first-order valence-corrected chi connectivity index (χ1v) is 9.80. The van der Waals surface area contributed by atoms with E-state index in [9.17, 15) is 26.4 Å². The number of nitrogens with zero attached hydrogens (tertiary/aromatic N) is 3. The molecule has 1 aliphatic rings. The summed E-state index contributed by atoms with van der Waals surface area (Å²) in [4.78, 5) is 11.8. The van der Waals surface area contributed by atoms with Crippen molar-refractivity contribution in [2.24, 2.45) is 5.92 Å². The first-order valence-electron chi connectivity index (χ1n) is 8.36. The molecule has 1 saturated heterocycles. The molecule has 2 aromatic rings. The molecular weight excluding hydrogens is 401 g/mol. The van der Waals surface area contributed by atoms with Crippen LogP contribution >= 0.6 is 0 Å². The molecule has 0 radical (unpaired) electrons. The fourth-order valence-corrected chi connectivity index (χ4v) is 4.41. The van der Waals surface area contributed by atoms with Gasteiger partial charge in [-0.25, -0.2) is 8.42 Å². The van der Waals surface area contributed by atoms with E-state index in [1.807, 2.05) is 0 Å². The van der Waals surface area contributed by atoms with E-state index in [-0.39, 0.29) is 43.7 Å². The van der Waals surface area contributed by atoms with E-state index in [0.29, 0.717) is 6.07 Å². The van der Waals surface area contributed by atoms with Crippen LogP contribution in [0.15, 0.2) is 33.6 Å². The first-order chi connectivity index (χ1) is 13.1. The van der Waals surface area contributed by atoms with Gasteiger partial charge in [-0.3, -0.25) is 10.1 Å². The van der Waals surface area contributed by atoms with E-state index in [2.05, 4.69) is 15.5 Å². The Hall–Kier alpha value is -2.47. The Labute approximate surface area is 158 Å². The standard InChI is InChI=1S/C16H17F3N4O4S/c1-10-21-22-15(27-10)20-14(24)11-5-7-23(8-6-11)28(25,26)13-4-2-3-12(9-13)16(17,18)19/h2-4,9,11H,5-8H2,1H3,(H,20,22,24). The molecule has 28 heavy (non-hydrogen) atoms. The van der Waals surface area contributed by atoms with Crippen molar-refractivity contribution in [1.82, 2.24) is 14.5 Å². The number of anilines is 1. The second kappa shape index (κ2) is 7.51. The molecule has 1 aromatic carbocycles. The number of aromatic nitrogens is 2. The van der Waals surface area contributed by atoms with Crippen molar-refractivity contribution < 1.29 is 30.8 Å². The van der Waals surface area contributed by atoms with Crippen molar-refractivity contribution in [1.29, 1.82) is 0 Å². The quantitative estimate of drug-likeness (QED) is 0.818. The number of rotatable bonds is 4. The SMILES string of the molecule is Cc1nnc(NC(=O)C2CCN(S(=O)(=O)c3cccc(C(F)(F)F)c3)CC2)o1. The van der Waals surface area contributed by atoms with E-state index in [1.165, 1.54) is 0 Å². The number of hydrogen-bond donors (Lipinski definition) is 1. The van der Waals surface area contributed by atoms with Crippen molar-refractivity contribution in [3.8, 4) is 0 Å². The largest absolute Gasteiger partial charge is 0.416 e.